The van der Waals surface area contributed by atoms with E-state index in [1.165, 1.54) is 0 Å². The Bertz CT molecular complexity index is 540. The van der Waals surface area contributed by atoms with Gasteiger partial charge in [0.05, 0.1) is 5.52 Å². The highest BCUT2D eigenvalue weighted by molar-refractivity contribution is 5.79. The number of nitrogens with zero attached hydrogens (tertiary/aromatic N) is 1. The minimum atomic E-state index is 0.135. The Kier molecular flexibility index (Phi) is 2.58. The van der Waals surface area contributed by atoms with Crippen LogP contribution in [0.2, 0.25) is 0 Å². The van der Waals surface area contributed by atoms with Crippen molar-refractivity contribution in [1.82, 2.24) is 4.57 Å². The van der Waals surface area contributed by atoms with Gasteiger partial charge in [-0.3, -0.25) is 4.79 Å². The molecule has 0 bridgehead atoms. The first-order chi connectivity index (χ1) is 7.24. The van der Waals surface area contributed by atoms with Crippen molar-refractivity contribution < 1.29 is 0 Å². The standard InChI is InChI=1S/C13H15NO/c1-3-8-14-12-7-5-4-6-11(12)9-10(2)13(14)15/h4-7,9H,3,8H2,1-2H3. The zero-order valence-corrected chi connectivity index (χ0v) is 9.16. The number of hydrogen-bond acceptors (Lipinski definition) is 1. The molecular weight excluding hydrogens is 186 g/mol. The Morgan fingerprint density at radius 3 is 2.73 bits per heavy atom. The van der Waals surface area contributed by atoms with E-state index >= 15 is 0 Å². The molecule has 1 aromatic carbocycles. The van der Waals surface area contributed by atoms with Gasteiger partial charge in [0.2, 0.25) is 0 Å². The molecule has 0 saturated heterocycles. The van der Waals surface area contributed by atoms with Crippen LogP contribution in [-0.4, -0.2) is 4.57 Å². The van der Waals surface area contributed by atoms with Crippen LogP contribution in [0.1, 0.15) is 18.9 Å². The largest absolute Gasteiger partial charge is 0.308 e. The molecule has 0 saturated carbocycles. The molecule has 78 valence electrons. The lowest BCUT2D eigenvalue weighted by atomic mass is 10.1. The minimum absolute atomic E-state index is 0.135. The van der Waals surface area contributed by atoms with E-state index in [2.05, 4.69) is 6.92 Å². The summed E-state index contributed by atoms with van der Waals surface area (Å²) in [5, 5.41) is 1.14. The Balaban J connectivity index is 2.83. The number of para-hydroxylation sites is 1. The summed E-state index contributed by atoms with van der Waals surface area (Å²) in [5.41, 5.74) is 1.99. The van der Waals surface area contributed by atoms with E-state index in [0.29, 0.717) is 0 Å². The van der Waals surface area contributed by atoms with Gasteiger partial charge in [0.25, 0.3) is 5.56 Å². The van der Waals surface area contributed by atoms with Crippen LogP contribution in [0.25, 0.3) is 10.9 Å². The van der Waals surface area contributed by atoms with Crippen molar-refractivity contribution in [3.05, 3.63) is 46.2 Å². The Labute approximate surface area is 89.2 Å². The predicted octanol–water partition coefficient (Wildman–Crippen LogP) is 2.72. The summed E-state index contributed by atoms with van der Waals surface area (Å²) in [4.78, 5) is 11.9. The van der Waals surface area contributed by atoms with Crippen molar-refractivity contribution in [2.75, 3.05) is 0 Å². The second-order valence-corrected chi connectivity index (χ2v) is 3.84. The van der Waals surface area contributed by atoms with Gasteiger partial charge in [0.1, 0.15) is 0 Å². The number of aromatic nitrogens is 1. The number of fused-ring (bicyclic) bond motifs is 1. The van der Waals surface area contributed by atoms with Crippen molar-refractivity contribution >= 4 is 10.9 Å². The molecule has 0 amide bonds. The average molecular weight is 201 g/mol. The molecule has 2 rings (SSSR count). The predicted molar refractivity (Wildman–Crippen MR) is 63.2 cm³/mol. The fourth-order valence-electron chi connectivity index (χ4n) is 1.92. The topological polar surface area (TPSA) is 22.0 Å². The molecule has 0 N–H and O–H groups in total. The first-order valence-corrected chi connectivity index (χ1v) is 5.33. The van der Waals surface area contributed by atoms with Gasteiger partial charge in [-0.2, -0.15) is 0 Å². The summed E-state index contributed by atoms with van der Waals surface area (Å²) < 4.78 is 1.87. The molecule has 0 aliphatic rings. The third kappa shape index (κ3) is 1.67. The maximum absolute atomic E-state index is 11.9. The van der Waals surface area contributed by atoms with E-state index < -0.39 is 0 Å². The molecule has 0 atom stereocenters. The van der Waals surface area contributed by atoms with Crippen molar-refractivity contribution in [3.63, 3.8) is 0 Å². The summed E-state index contributed by atoms with van der Waals surface area (Å²) in [6.45, 7) is 4.76. The molecule has 2 aromatic rings. The molecule has 1 heterocycles. The lowest BCUT2D eigenvalue weighted by Crippen LogP contribution is -2.22. The molecule has 2 nitrogen and oxygen atoms in total. The maximum Gasteiger partial charge on any atom is 0.253 e. The van der Waals surface area contributed by atoms with Gasteiger partial charge >= 0.3 is 0 Å². The molecular formula is C13H15NO. The third-order valence-corrected chi connectivity index (χ3v) is 2.63. The summed E-state index contributed by atoms with van der Waals surface area (Å²) in [5.74, 6) is 0. The monoisotopic (exact) mass is 201 g/mol. The van der Waals surface area contributed by atoms with Crippen LogP contribution >= 0.6 is 0 Å². The fourth-order valence-corrected chi connectivity index (χ4v) is 1.92. The summed E-state index contributed by atoms with van der Waals surface area (Å²) in [6.07, 6.45) is 0.980. The van der Waals surface area contributed by atoms with Crippen LogP contribution in [0.4, 0.5) is 0 Å². The van der Waals surface area contributed by atoms with Crippen molar-refractivity contribution in [2.45, 2.75) is 26.8 Å². The second-order valence-electron chi connectivity index (χ2n) is 3.84. The van der Waals surface area contributed by atoms with E-state index in [9.17, 15) is 4.79 Å². The van der Waals surface area contributed by atoms with E-state index in [1.807, 2.05) is 41.8 Å². The molecule has 0 unspecified atom stereocenters. The fraction of sp³-hybridized carbons (Fsp3) is 0.308. The minimum Gasteiger partial charge on any atom is -0.308 e. The zero-order valence-electron chi connectivity index (χ0n) is 9.16. The Morgan fingerprint density at radius 1 is 1.27 bits per heavy atom. The highest BCUT2D eigenvalue weighted by atomic mass is 16.1. The van der Waals surface area contributed by atoms with E-state index in [4.69, 9.17) is 0 Å². The highest BCUT2D eigenvalue weighted by Crippen LogP contribution is 2.13. The molecule has 0 radical (unpaired) electrons. The quantitative estimate of drug-likeness (QED) is 0.732. The van der Waals surface area contributed by atoms with Crippen LogP contribution in [0, 0.1) is 6.92 Å². The van der Waals surface area contributed by atoms with Gasteiger partial charge in [0, 0.05) is 12.1 Å². The Hall–Kier alpha value is -1.57. The lowest BCUT2D eigenvalue weighted by molar-refractivity contribution is 0.675. The number of benzene rings is 1. The van der Waals surface area contributed by atoms with Gasteiger partial charge in [-0.25, -0.2) is 0 Å². The number of aryl methyl sites for hydroxylation is 2. The molecule has 0 aliphatic heterocycles. The van der Waals surface area contributed by atoms with E-state index in [1.54, 1.807) is 0 Å². The van der Waals surface area contributed by atoms with Crippen LogP contribution in [0.3, 0.4) is 0 Å². The average Bonchev–Trinajstić information content (AvgIpc) is 2.25. The number of rotatable bonds is 2. The van der Waals surface area contributed by atoms with Gasteiger partial charge in [-0.1, -0.05) is 25.1 Å². The Morgan fingerprint density at radius 2 is 2.00 bits per heavy atom. The van der Waals surface area contributed by atoms with Crippen molar-refractivity contribution in [2.24, 2.45) is 0 Å². The van der Waals surface area contributed by atoms with Gasteiger partial charge in [-0.05, 0) is 30.9 Å². The normalized spacial score (nSPS) is 10.8. The summed E-state index contributed by atoms with van der Waals surface area (Å²) >= 11 is 0. The lowest BCUT2D eigenvalue weighted by Gasteiger charge is -2.10. The molecule has 15 heavy (non-hydrogen) atoms. The van der Waals surface area contributed by atoms with Crippen LogP contribution in [0.5, 0.6) is 0 Å². The molecule has 0 aliphatic carbocycles. The summed E-state index contributed by atoms with van der Waals surface area (Å²) in [6, 6.07) is 10.00. The van der Waals surface area contributed by atoms with E-state index in [-0.39, 0.29) is 5.56 Å². The van der Waals surface area contributed by atoms with Crippen molar-refractivity contribution in [1.29, 1.82) is 0 Å². The highest BCUT2D eigenvalue weighted by Gasteiger charge is 2.04. The third-order valence-electron chi connectivity index (χ3n) is 2.63. The van der Waals surface area contributed by atoms with Gasteiger partial charge in [-0.15, -0.1) is 0 Å². The molecule has 0 spiro atoms. The van der Waals surface area contributed by atoms with Gasteiger partial charge in [0.15, 0.2) is 0 Å². The first kappa shape index (κ1) is 9.97. The number of hydrogen-bond donors (Lipinski definition) is 0. The number of pyridine rings is 1. The van der Waals surface area contributed by atoms with E-state index in [0.717, 1.165) is 29.4 Å². The van der Waals surface area contributed by atoms with Gasteiger partial charge < -0.3 is 4.57 Å². The smallest absolute Gasteiger partial charge is 0.253 e. The van der Waals surface area contributed by atoms with Crippen LogP contribution in [0.15, 0.2) is 35.1 Å². The van der Waals surface area contributed by atoms with Crippen LogP contribution < -0.4 is 5.56 Å². The maximum atomic E-state index is 11.9. The second kappa shape index (κ2) is 3.89. The molecule has 0 fully saturated rings. The molecule has 1 aromatic heterocycles. The SMILES string of the molecule is CCCn1c(=O)c(C)cc2ccccc21. The van der Waals surface area contributed by atoms with Crippen molar-refractivity contribution in [3.8, 4) is 0 Å². The van der Waals surface area contributed by atoms with Crippen LogP contribution in [-0.2, 0) is 6.54 Å². The molecule has 2 heteroatoms. The summed E-state index contributed by atoms with van der Waals surface area (Å²) in [7, 11) is 0. The zero-order chi connectivity index (χ0) is 10.8. The first-order valence-electron chi connectivity index (χ1n) is 5.33.